The molecule has 0 spiro atoms. The van der Waals surface area contributed by atoms with Gasteiger partial charge in [-0.05, 0) is 41.8 Å². The van der Waals surface area contributed by atoms with E-state index >= 15 is 0 Å². The quantitative estimate of drug-likeness (QED) is 0.833. The molecule has 0 unspecified atom stereocenters. The Kier molecular flexibility index (Phi) is 6.04. The first-order valence-corrected chi connectivity index (χ1v) is 9.37. The van der Waals surface area contributed by atoms with E-state index < -0.39 is 10.0 Å². The van der Waals surface area contributed by atoms with Gasteiger partial charge in [-0.25, -0.2) is 13.1 Å². The zero-order valence-corrected chi connectivity index (χ0v) is 14.9. The standard InChI is InChI=1S/C17H21ClN2O2S/c1-20(2)17-9-5-14(6-10-17)11-12-19-23(21,22)13-15-3-7-16(18)8-4-15/h3-10,19H,11-13H2,1-2H3. The highest BCUT2D eigenvalue weighted by molar-refractivity contribution is 7.88. The molecule has 6 heteroatoms. The zero-order valence-electron chi connectivity index (χ0n) is 13.3. The van der Waals surface area contributed by atoms with E-state index in [9.17, 15) is 8.42 Å². The van der Waals surface area contributed by atoms with Gasteiger partial charge in [0.15, 0.2) is 0 Å². The molecule has 124 valence electrons. The van der Waals surface area contributed by atoms with E-state index in [0.29, 0.717) is 18.0 Å². The normalized spacial score (nSPS) is 11.4. The van der Waals surface area contributed by atoms with Crippen molar-refractivity contribution in [2.75, 3.05) is 25.5 Å². The van der Waals surface area contributed by atoms with Crippen LogP contribution in [0.1, 0.15) is 11.1 Å². The van der Waals surface area contributed by atoms with Crippen molar-refractivity contribution in [3.05, 3.63) is 64.7 Å². The Labute approximate surface area is 143 Å². The van der Waals surface area contributed by atoms with Crippen molar-refractivity contribution < 1.29 is 8.42 Å². The summed E-state index contributed by atoms with van der Waals surface area (Å²) in [5.41, 5.74) is 2.94. The first kappa shape index (κ1) is 17.8. The van der Waals surface area contributed by atoms with Crippen LogP contribution in [0, 0.1) is 0 Å². The molecule has 23 heavy (non-hydrogen) atoms. The number of nitrogens with zero attached hydrogens (tertiary/aromatic N) is 1. The van der Waals surface area contributed by atoms with Crippen molar-refractivity contribution in [3.8, 4) is 0 Å². The van der Waals surface area contributed by atoms with Crippen LogP contribution in [0.25, 0.3) is 0 Å². The minimum atomic E-state index is -3.34. The minimum Gasteiger partial charge on any atom is -0.378 e. The van der Waals surface area contributed by atoms with Crippen LogP contribution in [0.3, 0.4) is 0 Å². The topological polar surface area (TPSA) is 49.4 Å². The van der Waals surface area contributed by atoms with Gasteiger partial charge in [0.25, 0.3) is 0 Å². The largest absolute Gasteiger partial charge is 0.378 e. The summed E-state index contributed by atoms with van der Waals surface area (Å²) in [4.78, 5) is 2.03. The third-order valence-electron chi connectivity index (χ3n) is 3.46. The van der Waals surface area contributed by atoms with Crippen LogP contribution in [0.4, 0.5) is 5.69 Å². The molecular formula is C17H21ClN2O2S. The van der Waals surface area contributed by atoms with Crippen LogP contribution >= 0.6 is 11.6 Å². The fraction of sp³-hybridized carbons (Fsp3) is 0.294. The van der Waals surface area contributed by atoms with Crippen LogP contribution in [0.5, 0.6) is 0 Å². The summed E-state index contributed by atoms with van der Waals surface area (Å²) in [5.74, 6) is -0.0380. The summed E-state index contributed by atoms with van der Waals surface area (Å²) in [6, 6.07) is 14.9. The van der Waals surface area contributed by atoms with Crippen LogP contribution in [-0.2, 0) is 22.2 Å². The van der Waals surface area contributed by atoms with Crippen molar-refractivity contribution in [3.63, 3.8) is 0 Å². The molecule has 1 N–H and O–H groups in total. The highest BCUT2D eigenvalue weighted by Gasteiger charge is 2.11. The molecule has 2 aromatic rings. The van der Waals surface area contributed by atoms with Crippen molar-refractivity contribution in [2.24, 2.45) is 0 Å². The Morgan fingerprint density at radius 1 is 0.957 bits per heavy atom. The SMILES string of the molecule is CN(C)c1ccc(CCNS(=O)(=O)Cc2ccc(Cl)cc2)cc1. The van der Waals surface area contributed by atoms with Gasteiger partial charge in [-0.1, -0.05) is 35.9 Å². The van der Waals surface area contributed by atoms with E-state index in [-0.39, 0.29) is 5.75 Å². The third-order valence-corrected chi connectivity index (χ3v) is 5.07. The molecular weight excluding hydrogens is 332 g/mol. The lowest BCUT2D eigenvalue weighted by Crippen LogP contribution is -2.27. The van der Waals surface area contributed by atoms with E-state index in [1.165, 1.54) is 0 Å². The second-order valence-electron chi connectivity index (χ2n) is 5.59. The maximum Gasteiger partial charge on any atom is 0.215 e. The lowest BCUT2D eigenvalue weighted by molar-refractivity contribution is 0.581. The van der Waals surface area contributed by atoms with Gasteiger partial charge in [0, 0.05) is 31.4 Å². The maximum atomic E-state index is 12.1. The Morgan fingerprint density at radius 3 is 2.09 bits per heavy atom. The highest BCUT2D eigenvalue weighted by atomic mass is 35.5. The average Bonchev–Trinajstić information content (AvgIpc) is 2.50. The molecule has 0 fully saturated rings. The summed E-state index contributed by atoms with van der Waals surface area (Å²) in [6.07, 6.45) is 0.660. The number of hydrogen-bond donors (Lipinski definition) is 1. The number of anilines is 1. The highest BCUT2D eigenvalue weighted by Crippen LogP contribution is 2.13. The van der Waals surface area contributed by atoms with Crippen molar-refractivity contribution in [1.82, 2.24) is 4.72 Å². The van der Waals surface area contributed by atoms with Crippen LogP contribution < -0.4 is 9.62 Å². The molecule has 2 aromatic carbocycles. The van der Waals surface area contributed by atoms with E-state index in [2.05, 4.69) is 4.72 Å². The fourth-order valence-electron chi connectivity index (χ4n) is 2.16. The monoisotopic (exact) mass is 352 g/mol. The van der Waals surface area contributed by atoms with Gasteiger partial charge < -0.3 is 4.90 Å². The molecule has 0 heterocycles. The molecule has 0 saturated carbocycles. The molecule has 0 aliphatic rings. The molecule has 0 amide bonds. The fourth-order valence-corrected chi connectivity index (χ4v) is 3.44. The number of sulfonamides is 1. The summed E-state index contributed by atoms with van der Waals surface area (Å²) >= 11 is 5.80. The second kappa shape index (κ2) is 7.81. The van der Waals surface area contributed by atoms with Crippen LogP contribution in [0.15, 0.2) is 48.5 Å². The average molecular weight is 353 g/mol. The Morgan fingerprint density at radius 2 is 1.52 bits per heavy atom. The minimum absolute atomic E-state index is 0.0380. The van der Waals surface area contributed by atoms with E-state index in [4.69, 9.17) is 11.6 Å². The predicted octanol–water partition coefficient (Wildman–Crippen LogP) is 3.07. The number of hydrogen-bond acceptors (Lipinski definition) is 3. The van der Waals surface area contributed by atoms with E-state index in [1.54, 1.807) is 24.3 Å². The van der Waals surface area contributed by atoms with Gasteiger partial charge in [-0.2, -0.15) is 0 Å². The van der Waals surface area contributed by atoms with Gasteiger partial charge >= 0.3 is 0 Å². The maximum absolute atomic E-state index is 12.1. The van der Waals surface area contributed by atoms with Crippen molar-refractivity contribution in [2.45, 2.75) is 12.2 Å². The molecule has 0 aliphatic carbocycles. The van der Waals surface area contributed by atoms with Crippen LogP contribution in [-0.4, -0.2) is 29.1 Å². The summed E-state index contributed by atoms with van der Waals surface area (Å²) in [5, 5.41) is 0.597. The third kappa shape index (κ3) is 5.86. The number of benzene rings is 2. The summed E-state index contributed by atoms with van der Waals surface area (Å²) < 4.78 is 26.8. The molecule has 0 aromatic heterocycles. The van der Waals surface area contributed by atoms with Gasteiger partial charge in [0.2, 0.25) is 10.0 Å². The van der Waals surface area contributed by atoms with Gasteiger partial charge in [0.1, 0.15) is 0 Å². The zero-order chi connectivity index (χ0) is 16.9. The molecule has 0 bridgehead atoms. The lowest BCUT2D eigenvalue weighted by Gasteiger charge is -2.12. The Balaban J connectivity index is 1.85. The number of rotatable bonds is 7. The summed E-state index contributed by atoms with van der Waals surface area (Å²) in [6.45, 7) is 0.386. The first-order valence-electron chi connectivity index (χ1n) is 7.34. The van der Waals surface area contributed by atoms with Crippen molar-refractivity contribution in [1.29, 1.82) is 0 Å². The van der Waals surface area contributed by atoms with E-state index in [1.807, 2.05) is 43.3 Å². The molecule has 2 rings (SSSR count). The predicted molar refractivity (Wildman–Crippen MR) is 96.6 cm³/mol. The van der Waals surface area contributed by atoms with Gasteiger partial charge in [-0.15, -0.1) is 0 Å². The van der Waals surface area contributed by atoms with Gasteiger partial charge in [-0.3, -0.25) is 0 Å². The molecule has 0 aliphatic heterocycles. The van der Waals surface area contributed by atoms with Crippen molar-refractivity contribution >= 4 is 27.3 Å². The molecule has 0 saturated heterocycles. The lowest BCUT2D eigenvalue weighted by atomic mass is 10.1. The second-order valence-corrected chi connectivity index (χ2v) is 7.83. The van der Waals surface area contributed by atoms with E-state index in [0.717, 1.165) is 16.8 Å². The first-order chi connectivity index (χ1) is 10.9. The Hall–Kier alpha value is -1.56. The number of nitrogens with one attached hydrogen (secondary N) is 1. The van der Waals surface area contributed by atoms with Gasteiger partial charge in [0.05, 0.1) is 5.75 Å². The Bertz CT molecular complexity index is 726. The number of halogens is 1. The smallest absolute Gasteiger partial charge is 0.215 e. The molecule has 0 atom stereocenters. The molecule has 4 nitrogen and oxygen atoms in total. The molecule has 0 radical (unpaired) electrons. The van der Waals surface area contributed by atoms with Crippen LogP contribution in [0.2, 0.25) is 5.02 Å². The summed E-state index contributed by atoms with van der Waals surface area (Å²) in [7, 11) is 0.631.